The molecule has 116 valence electrons. The highest BCUT2D eigenvalue weighted by atomic mass is 32.2. The molecule has 0 atom stereocenters. The van der Waals surface area contributed by atoms with Crippen LogP contribution in [0.15, 0.2) is 29.2 Å². The molecular weight excluding hydrogens is 303 g/mol. The molecule has 1 saturated carbocycles. The molecule has 1 aliphatic carbocycles. The first kappa shape index (κ1) is 15.9. The van der Waals surface area contributed by atoms with E-state index in [-0.39, 0.29) is 16.2 Å². The first-order valence-corrected chi connectivity index (χ1v) is 8.35. The molecule has 3 nitrogen and oxygen atoms in total. The molecule has 1 aliphatic rings. The van der Waals surface area contributed by atoms with Gasteiger partial charge >= 0.3 is 6.18 Å². The van der Waals surface area contributed by atoms with Crippen LogP contribution in [0.1, 0.15) is 30.4 Å². The average molecular weight is 319 g/mol. The van der Waals surface area contributed by atoms with Gasteiger partial charge in [-0.05, 0) is 37.3 Å². The summed E-state index contributed by atoms with van der Waals surface area (Å²) in [6.45, 7) is 0. The van der Waals surface area contributed by atoms with E-state index in [0.717, 1.165) is 37.7 Å². The third-order valence-electron chi connectivity index (χ3n) is 3.39. The molecular formula is C14H16F3NO2S. The van der Waals surface area contributed by atoms with Gasteiger partial charge < -0.3 is 5.73 Å². The first-order valence-electron chi connectivity index (χ1n) is 6.46. The van der Waals surface area contributed by atoms with Crippen molar-refractivity contribution in [1.82, 2.24) is 0 Å². The maximum atomic E-state index is 12.7. The van der Waals surface area contributed by atoms with E-state index in [1.165, 1.54) is 0 Å². The molecule has 1 aromatic rings. The van der Waals surface area contributed by atoms with Crippen molar-refractivity contribution in [1.29, 1.82) is 0 Å². The van der Waals surface area contributed by atoms with Crippen molar-refractivity contribution in [2.75, 3.05) is 6.26 Å². The van der Waals surface area contributed by atoms with Gasteiger partial charge in [0.05, 0.1) is 10.5 Å². The lowest BCUT2D eigenvalue weighted by molar-refractivity contribution is -0.137. The van der Waals surface area contributed by atoms with E-state index in [2.05, 4.69) is 0 Å². The minimum atomic E-state index is -4.59. The summed E-state index contributed by atoms with van der Waals surface area (Å²) >= 11 is 0. The van der Waals surface area contributed by atoms with E-state index >= 15 is 0 Å². The highest BCUT2D eigenvalue weighted by Crippen LogP contribution is 2.35. The molecule has 0 radical (unpaired) electrons. The normalized spacial score (nSPS) is 17.0. The minimum absolute atomic E-state index is 0.131. The largest absolute Gasteiger partial charge is 0.416 e. The van der Waals surface area contributed by atoms with E-state index in [1.807, 2.05) is 0 Å². The van der Waals surface area contributed by atoms with Gasteiger partial charge in [-0.15, -0.1) is 0 Å². The Kier molecular flexibility index (Phi) is 4.06. The van der Waals surface area contributed by atoms with E-state index in [0.29, 0.717) is 12.0 Å². The van der Waals surface area contributed by atoms with Crippen LogP contribution in [0.2, 0.25) is 0 Å². The Hall–Kier alpha value is -1.50. The molecule has 0 saturated heterocycles. The van der Waals surface area contributed by atoms with Gasteiger partial charge in [0, 0.05) is 17.5 Å². The SMILES string of the molecule is CS(=O)(=O)c1cc(C(F)(F)F)ccc1C(N)=CCC1CC1. The fourth-order valence-corrected chi connectivity index (χ4v) is 2.93. The van der Waals surface area contributed by atoms with Crippen LogP contribution in [-0.2, 0) is 16.0 Å². The van der Waals surface area contributed by atoms with Crippen molar-refractivity contribution in [3.05, 3.63) is 35.4 Å². The summed E-state index contributed by atoms with van der Waals surface area (Å²) in [5.41, 5.74) is 5.18. The summed E-state index contributed by atoms with van der Waals surface area (Å²) in [6, 6.07) is 2.61. The van der Waals surface area contributed by atoms with Crippen LogP contribution >= 0.6 is 0 Å². The summed E-state index contributed by atoms with van der Waals surface area (Å²) in [5, 5.41) is 0. The Bertz CT molecular complexity index is 674. The number of sulfone groups is 1. The van der Waals surface area contributed by atoms with Crippen molar-refractivity contribution >= 4 is 15.5 Å². The second kappa shape index (κ2) is 5.36. The Morgan fingerprint density at radius 1 is 1.38 bits per heavy atom. The fourth-order valence-electron chi connectivity index (χ4n) is 2.00. The number of allylic oxidation sites excluding steroid dienone is 1. The van der Waals surface area contributed by atoms with Crippen molar-refractivity contribution in [3.63, 3.8) is 0 Å². The van der Waals surface area contributed by atoms with Crippen LogP contribution in [0.25, 0.3) is 5.70 Å². The zero-order chi connectivity index (χ0) is 15.8. The van der Waals surface area contributed by atoms with Crippen LogP contribution in [0.3, 0.4) is 0 Å². The number of alkyl halides is 3. The summed E-state index contributed by atoms with van der Waals surface area (Å²) < 4.78 is 61.6. The third kappa shape index (κ3) is 4.00. The molecule has 1 aromatic carbocycles. The maximum absolute atomic E-state index is 12.7. The number of benzene rings is 1. The molecule has 2 N–H and O–H groups in total. The quantitative estimate of drug-likeness (QED) is 0.927. The van der Waals surface area contributed by atoms with E-state index in [1.54, 1.807) is 6.08 Å². The smallest absolute Gasteiger partial charge is 0.398 e. The standard InChI is InChI=1S/C14H16F3NO2S/c1-21(19,20)13-8-10(14(15,16)17)5-6-11(13)12(18)7-4-9-2-3-9/h5-9H,2-4,18H2,1H3. The Balaban J connectivity index is 2.47. The summed E-state index contributed by atoms with van der Waals surface area (Å²) in [5.74, 6) is 0.555. The molecule has 2 rings (SSSR count). The predicted molar refractivity (Wildman–Crippen MR) is 74.1 cm³/mol. The zero-order valence-electron chi connectivity index (χ0n) is 11.4. The lowest BCUT2D eigenvalue weighted by atomic mass is 10.1. The van der Waals surface area contributed by atoms with Crippen molar-refractivity contribution in [3.8, 4) is 0 Å². The van der Waals surface area contributed by atoms with E-state index in [9.17, 15) is 21.6 Å². The van der Waals surface area contributed by atoms with E-state index in [4.69, 9.17) is 5.73 Å². The minimum Gasteiger partial charge on any atom is -0.398 e. The number of hydrogen-bond acceptors (Lipinski definition) is 3. The molecule has 0 heterocycles. The molecule has 0 bridgehead atoms. The van der Waals surface area contributed by atoms with Crippen LogP contribution in [0.5, 0.6) is 0 Å². The summed E-state index contributed by atoms with van der Waals surface area (Å²) in [7, 11) is -3.81. The summed E-state index contributed by atoms with van der Waals surface area (Å²) in [6.07, 6.45) is 0.904. The van der Waals surface area contributed by atoms with Gasteiger partial charge in [0.2, 0.25) is 0 Å². The first-order chi connectivity index (χ1) is 9.59. The van der Waals surface area contributed by atoms with Gasteiger partial charge in [0.15, 0.2) is 9.84 Å². The Morgan fingerprint density at radius 2 is 2.00 bits per heavy atom. The van der Waals surface area contributed by atoms with Crippen molar-refractivity contribution in [2.24, 2.45) is 11.7 Å². The molecule has 0 aromatic heterocycles. The number of rotatable bonds is 4. The number of halogens is 3. The Morgan fingerprint density at radius 3 is 2.48 bits per heavy atom. The van der Waals surface area contributed by atoms with Crippen molar-refractivity contribution < 1.29 is 21.6 Å². The monoisotopic (exact) mass is 319 g/mol. The van der Waals surface area contributed by atoms with Gasteiger partial charge in [0.25, 0.3) is 0 Å². The van der Waals surface area contributed by atoms with Crippen LogP contribution in [0.4, 0.5) is 13.2 Å². The summed E-state index contributed by atoms with van der Waals surface area (Å²) in [4.78, 5) is -0.387. The van der Waals surface area contributed by atoms with Gasteiger partial charge in [-0.2, -0.15) is 13.2 Å². The van der Waals surface area contributed by atoms with Crippen molar-refractivity contribution in [2.45, 2.75) is 30.3 Å². The average Bonchev–Trinajstić information content (AvgIpc) is 3.17. The third-order valence-corrected chi connectivity index (χ3v) is 4.52. The molecule has 0 spiro atoms. The van der Waals surface area contributed by atoms with Crippen LogP contribution in [-0.4, -0.2) is 14.7 Å². The van der Waals surface area contributed by atoms with Gasteiger partial charge in [-0.25, -0.2) is 8.42 Å². The fraction of sp³-hybridized carbons (Fsp3) is 0.429. The molecule has 0 unspecified atom stereocenters. The van der Waals surface area contributed by atoms with Gasteiger partial charge in [-0.1, -0.05) is 12.1 Å². The second-order valence-corrected chi connectivity index (χ2v) is 7.30. The topological polar surface area (TPSA) is 60.2 Å². The van der Waals surface area contributed by atoms with Crippen LogP contribution in [0, 0.1) is 5.92 Å². The van der Waals surface area contributed by atoms with E-state index < -0.39 is 21.6 Å². The highest BCUT2D eigenvalue weighted by molar-refractivity contribution is 7.90. The number of hydrogen-bond donors (Lipinski definition) is 1. The molecule has 0 aliphatic heterocycles. The zero-order valence-corrected chi connectivity index (χ0v) is 12.3. The van der Waals surface area contributed by atoms with Crippen LogP contribution < -0.4 is 5.73 Å². The predicted octanol–water partition coefficient (Wildman–Crippen LogP) is 3.21. The molecule has 21 heavy (non-hydrogen) atoms. The highest BCUT2D eigenvalue weighted by Gasteiger charge is 2.32. The number of nitrogens with two attached hydrogens (primary N) is 1. The Labute approximate surface area is 121 Å². The lowest BCUT2D eigenvalue weighted by Gasteiger charge is -2.13. The molecule has 0 amide bonds. The molecule has 1 fully saturated rings. The molecule has 7 heteroatoms. The second-order valence-electron chi connectivity index (χ2n) is 5.32. The van der Waals surface area contributed by atoms with Gasteiger partial charge in [-0.3, -0.25) is 0 Å². The maximum Gasteiger partial charge on any atom is 0.416 e. The van der Waals surface area contributed by atoms with Gasteiger partial charge in [0.1, 0.15) is 0 Å². The lowest BCUT2D eigenvalue weighted by Crippen LogP contribution is -2.11.